The predicted octanol–water partition coefficient (Wildman–Crippen LogP) is 5.96. The molecule has 5 heteroatoms. The predicted molar refractivity (Wildman–Crippen MR) is 124 cm³/mol. The van der Waals surface area contributed by atoms with Crippen LogP contribution >= 0.6 is 11.8 Å². The summed E-state index contributed by atoms with van der Waals surface area (Å²) in [5.74, 6) is 5.22. The van der Waals surface area contributed by atoms with Crippen LogP contribution in [-0.2, 0) is 0 Å². The molecule has 0 saturated heterocycles. The van der Waals surface area contributed by atoms with Crippen LogP contribution < -0.4 is 18.9 Å². The molecule has 0 fully saturated rings. The minimum Gasteiger partial charge on any atom is -0.493 e. The molecule has 0 amide bonds. The Morgan fingerprint density at radius 3 is 1.41 bits per heavy atom. The Labute approximate surface area is 178 Å². The van der Waals surface area contributed by atoms with Gasteiger partial charge < -0.3 is 18.9 Å². The van der Waals surface area contributed by atoms with E-state index in [0.29, 0.717) is 0 Å². The van der Waals surface area contributed by atoms with Crippen LogP contribution in [0.4, 0.5) is 0 Å². The first kappa shape index (κ1) is 22.8. The van der Waals surface area contributed by atoms with Crippen LogP contribution in [0.25, 0.3) is 12.2 Å². The van der Waals surface area contributed by atoms with Gasteiger partial charge in [0.05, 0.1) is 28.4 Å². The maximum Gasteiger partial charge on any atom is 0.161 e. The van der Waals surface area contributed by atoms with E-state index in [1.807, 2.05) is 48.2 Å². The number of hydrogen-bond acceptors (Lipinski definition) is 5. The van der Waals surface area contributed by atoms with Crippen molar-refractivity contribution in [2.75, 3.05) is 39.9 Å². The number of thioether (sulfide) groups is 1. The monoisotopic (exact) mass is 414 g/mol. The molecule has 0 N–H and O–H groups in total. The molecule has 0 atom stereocenters. The third kappa shape index (κ3) is 7.42. The van der Waals surface area contributed by atoms with Crippen LogP contribution in [0.2, 0.25) is 0 Å². The Kier molecular flexibility index (Phi) is 10.1. The standard InChI is InChI=1S/C24H30O4S/c1-25-21-13-11-19(17-23(21)27-3)9-5-7-15-29-16-8-6-10-20-12-14-22(26-2)24(18-20)28-4/h5-6,9-14,17-18H,7-8,15-16H2,1-4H3. The lowest BCUT2D eigenvalue weighted by molar-refractivity contribution is 0.355. The average Bonchev–Trinajstić information content (AvgIpc) is 2.77. The summed E-state index contributed by atoms with van der Waals surface area (Å²) in [5.41, 5.74) is 2.23. The highest BCUT2D eigenvalue weighted by molar-refractivity contribution is 7.99. The van der Waals surface area contributed by atoms with E-state index < -0.39 is 0 Å². The minimum absolute atomic E-state index is 0.751. The zero-order chi connectivity index (χ0) is 20.9. The van der Waals surface area contributed by atoms with Gasteiger partial charge in [-0.25, -0.2) is 0 Å². The van der Waals surface area contributed by atoms with Crippen molar-refractivity contribution in [2.24, 2.45) is 0 Å². The molecule has 0 heterocycles. The fraction of sp³-hybridized carbons (Fsp3) is 0.333. The van der Waals surface area contributed by atoms with E-state index in [-0.39, 0.29) is 0 Å². The van der Waals surface area contributed by atoms with Crippen molar-refractivity contribution < 1.29 is 18.9 Å². The first-order chi connectivity index (χ1) is 14.2. The Morgan fingerprint density at radius 2 is 1.03 bits per heavy atom. The summed E-state index contributed by atoms with van der Waals surface area (Å²) in [7, 11) is 6.60. The van der Waals surface area contributed by atoms with Gasteiger partial charge in [0.1, 0.15) is 0 Å². The lowest BCUT2D eigenvalue weighted by Gasteiger charge is -2.07. The number of hydrogen-bond donors (Lipinski definition) is 0. The number of rotatable bonds is 12. The topological polar surface area (TPSA) is 36.9 Å². The van der Waals surface area contributed by atoms with E-state index in [0.717, 1.165) is 58.5 Å². The van der Waals surface area contributed by atoms with Crippen molar-refractivity contribution in [2.45, 2.75) is 12.8 Å². The molecule has 0 aromatic heterocycles. The third-order valence-electron chi connectivity index (χ3n) is 4.29. The Hall–Kier alpha value is -2.53. The molecule has 0 bridgehead atoms. The SMILES string of the molecule is COc1ccc(C=CCCSCCC=Cc2ccc(OC)c(OC)c2)cc1OC. The molecule has 0 saturated carbocycles. The van der Waals surface area contributed by atoms with Gasteiger partial charge in [0.2, 0.25) is 0 Å². The van der Waals surface area contributed by atoms with Gasteiger partial charge in [0.15, 0.2) is 23.0 Å². The summed E-state index contributed by atoms with van der Waals surface area (Å²) >= 11 is 1.96. The zero-order valence-electron chi connectivity index (χ0n) is 17.6. The summed E-state index contributed by atoms with van der Waals surface area (Å²) in [6.45, 7) is 0. The largest absolute Gasteiger partial charge is 0.493 e. The molecule has 0 aliphatic heterocycles. The number of ether oxygens (including phenoxy) is 4. The van der Waals surface area contributed by atoms with Crippen molar-refractivity contribution in [3.05, 3.63) is 59.7 Å². The highest BCUT2D eigenvalue weighted by Gasteiger charge is 2.03. The molecule has 2 rings (SSSR count). The van der Waals surface area contributed by atoms with Crippen LogP contribution in [0.3, 0.4) is 0 Å². The van der Waals surface area contributed by atoms with Gasteiger partial charge in [-0.1, -0.05) is 36.4 Å². The van der Waals surface area contributed by atoms with Crippen LogP contribution in [0.15, 0.2) is 48.6 Å². The first-order valence-electron chi connectivity index (χ1n) is 9.56. The second-order valence-electron chi connectivity index (χ2n) is 6.22. The van der Waals surface area contributed by atoms with Crippen molar-refractivity contribution in [3.8, 4) is 23.0 Å². The molecule has 0 aliphatic carbocycles. The highest BCUT2D eigenvalue weighted by atomic mass is 32.2. The van der Waals surface area contributed by atoms with Gasteiger partial charge in [-0.15, -0.1) is 0 Å². The number of methoxy groups -OCH3 is 4. The lowest BCUT2D eigenvalue weighted by atomic mass is 10.2. The van der Waals surface area contributed by atoms with Crippen LogP contribution in [0.5, 0.6) is 23.0 Å². The summed E-state index contributed by atoms with van der Waals surface area (Å²) in [6.07, 6.45) is 10.7. The van der Waals surface area contributed by atoms with Gasteiger partial charge in [0, 0.05) is 0 Å². The smallest absolute Gasteiger partial charge is 0.161 e. The Morgan fingerprint density at radius 1 is 0.621 bits per heavy atom. The molecule has 2 aromatic rings. The quantitative estimate of drug-likeness (QED) is 0.401. The maximum atomic E-state index is 5.33. The van der Waals surface area contributed by atoms with Crippen molar-refractivity contribution in [3.63, 3.8) is 0 Å². The molecule has 0 aliphatic rings. The van der Waals surface area contributed by atoms with E-state index in [4.69, 9.17) is 18.9 Å². The average molecular weight is 415 g/mol. The van der Waals surface area contributed by atoms with Gasteiger partial charge in [-0.3, -0.25) is 0 Å². The fourth-order valence-electron chi connectivity index (χ4n) is 2.76. The van der Waals surface area contributed by atoms with Gasteiger partial charge in [-0.2, -0.15) is 11.8 Å². The van der Waals surface area contributed by atoms with Crippen molar-refractivity contribution in [1.82, 2.24) is 0 Å². The van der Waals surface area contributed by atoms with Crippen LogP contribution in [-0.4, -0.2) is 39.9 Å². The maximum absolute atomic E-state index is 5.33. The summed E-state index contributed by atoms with van der Waals surface area (Å²) in [6, 6.07) is 11.9. The van der Waals surface area contributed by atoms with Gasteiger partial charge in [0.25, 0.3) is 0 Å². The van der Waals surface area contributed by atoms with E-state index >= 15 is 0 Å². The van der Waals surface area contributed by atoms with E-state index in [9.17, 15) is 0 Å². The van der Waals surface area contributed by atoms with Crippen LogP contribution in [0.1, 0.15) is 24.0 Å². The van der Waals surface area contributed by atoms with Crippen molar-refractivity contribution in [1.29, 1.82) is 0 Å². The minimum atomic E-state index is 0.751. The molecule has 0 spiro atoms. The van der Waals surface area contributed by atoms with E-state index in [1.54, 1.807) is 28.4 Å². The van der Waals surface area contributed by atoms with Crippen molar-refractivity contribution >= 4 is 23.9 Å². The first-order valence-corrected chi connectivity index (χ1v) is 10.7. The normalized spacial score (nSPS) is 11.2. The molecular weight excluding hydrogens is 384 g/mol. The molecule has 0 unspecified atom stereocenters. The lowest BCUT2D eigenvalue weighted by Crippen LogP contribution is -1.90. The Balaban J connectivity index is 1.67. The molecule has 29 heavy (non-hydrogen) atoms. The zero-order valence-corrected chi connectivity index (χ0v) is 18.5. The molecule has 2 aromatic carbocycles. The second kappa shape index (κ2) is 12.8. The third-order valence-corrected chi connectivity index (χ3v) is 5.34. The number of allylic oxidation sites excluding steroid dienone is 2. The molecule has 156 valence electrons. The summed E-state index contributed by atoms with van der Waals surface area (Å²) < 4.78 is 21.2. The number of benzene rings is 2. The molecule has 0 radical (unpaired) electrons. The second-order valence-corrected chi connectivity index (χ2v) is 7.45. The van der Waals surface area contributed by atoms with E-state index in [1.165, 1.54) is 0 Å². The van der Waals surface area contributed by atoms with Gasteiger partial charge >= 0.3 is 0 Å². The van der Waals surface area contributed by atoms with Crippen LogP contribution in [0, 0.1) is 0 Å². The van der Waals surface area contributed by atoms with Gasteiger partial charge in [-0.05, 0) is 59.7 Å². The fourth-order valence-corrected chi connectivity index (χ4v) is 3.57. The Bertz CT molecular complexity index is 747. The molecular formula is C24H30O4S. The summed E-state index contributed by atoms with van der Waals surface area (Å²) in [4.78, 5) is 0. The highest BCUT2D eigenvalue weighted by Crippen LogP contribution is 2.29. The van der Waals surface area contributed by atoms with E-state index in [2.05, 4.69) is 24.3 Å². The summed E-state index contributed by atoms with van der Waals surface area (Å²) in [5, 5.41) is 0. The molecule has 4 nitrogen and oxygen atoms in total.